The first-order chi connectivity index (χ1) is 12.9. The summed E-state index contributed by atoms with van der Waals surface area (Å²) in [6.45, 7) is 4.81. The Bertz CT molecular complexity index is 978. The topological polar surface area (TPSA) is 62.5 Å². The van der Waals surface area contributed by atoms with Crippen LogP contribution in [0, 0.1) is 12.7 Å². The zero-order valence-corrected chi connectivity index (χ0v) is 15.8. The minimum atomic E-state index is -1.26. The molecule has 2 heterocycles. The molecule has 144 valence electrons. The van der Waals surface area contributed by atoms with Crippen molar-refractivity contribution in [2.75, 3.05) is 11.4 Å². The van der Waals surface area contributed by atoms with E-state index in [0.29, 0.717) is 17.2 Å². The zero-order valence-electron chi connectivity index (χ0n) is 15.8. The summed E-state index contributed by atoms with van der Waals surface area (Å²) >= 11 is 0. The second kappa shape index (κ2) is 6.66. The number of carbonyl (C=O) groups is 1. The van der Waals surface area contributed by atoms with E-state index in [1.165, 1.54) is 12.3 Å². The zero-order chi connectivity index (χ0) is 19.3. The highest BCUT2D eigenvalue weighted by Crippen LogP contribution is 2.41. The van der Waals surface area contributed by atoms with E-state index in [2.05, 4.69) is 11.8 Å². The average molecular weight is 372 g/mol. The van der Waals surface area contributed by atoms with E-state index in [4.69, 9.17) is 0 Å². The summed E-state index contributed by atoms with van der Waals surface area (Å²) in [5.74, 6) is -1.69. The second-order valence-corrected chi connectivity index (χ2v) is 7.82. The molecule has 1 saturated carbocycles. The fraction of sp³-hybridized carbons (Fsp3) is 0.524. The minimum Gasteiger partial charge on any atom is -0.477 e. The number of aromatic nitrogens is 1. The molecule has 2 fully saturated rings. The molecule has 1 aliphatic heterocycles. The molecule has 0 amide bonds. The number of benzene rings is 1. The van der Waals surface area contributed by atoms with Gasteiger partial charge in [-0.3, -0.25) is 4.79 Å². The Hall–Kier alpha value is -2.37. The van der Waals surface area contributed by atoms with E-state index in [0.717, 1.165) is 50.6 Å². The number of carboxylic acid groups (broad SMARTS) is 1. The van der Waals surface area contributed by atoms with Crippen LogP contribution in [0.25, 0.3) is 10.9 Å². The van der Waals surface area contributed by atoms with Crippen LogP contribution in [0.2, 0.25) is 0 Å². The van der Waals surface area contributed by atoms with Crippen molar-refractivity contribution in [3.8, 4) is 0 Å². The lowest BCUT2D eigenvalue weighted by molar-refractivity contribution is 0.0695. The summed E-state index contributed by atoms with van der Waals surface area (Å²) < 4.78 is 17.1. The Labute approximate surface area is 157 Å². The normalized spacial score (nSPS) is 19.8. The Morgan fingerprint density at radius 2 is 2.07 bits per heavy atom. The molecule has 0 radical (unpaired) electrons. The molecule has 4 rings (SSSR count). The summed E-state index contributed by atoms with van der Waals surface area (Å²) in [6, 6.07) is 1.76. The van der Waals surface area contributed by atoms with Gasteiger partial charge in [-0.15, -0.1) is 0 Å². The first kappa shape index (κ1) is 18.0. The standard InChI is InChI=1S/C21H25FN2O3/c1-3-5-13-6-4-9-23(13)19-12(2)18-15(10-17(19)22)20(25)16(21(26)27)11-24(18)14-7-8-14/h10-11,13-14H,3-9H2,1-2H3,(H,26,27). The third-order valence-electron chi connectivity index (χ3n) is 5.94. The molecular weight excluding hydrogens is 347 g/mol. The number of aromatic carboxylic acids is 1. The van der Waals surface area contributed by atoms with Gasteiger partial charge in [-0.2, -0.15) is 0 Å². The number of halogens is 1. The second-order valence-electron chi connectivity index (χ2n) is 7.82. The maximum atomic E-state index is 15.2. The first-order valence-corrected chi connectivity index (χ1v) is 9.82. The SMILES string of the molecule is CCCC1CCCN1c1c(F)cc2c(=O)c(C(=O)O)cn(C3CC3)c2c1C. The fourth-order valence-electron chi connectivity index (χ4n) is 4.58. The van der Waals surface area contributed by atoms with Crippen molar-refractivity contribution in [3.05, 3.63) is 39.4 Å². The Morgan fingerprint density at radius 3 is 2.70 bits per heavy atom. The van der Waals surface area contributed by atoms with Crippen LogP contribution in [0.5, 0.6) is 0 Å². The van der Waals surface area contributed by atoms with E-state index in [1.54, 1.807) is 0 Å². The monoisotopic (exact) mass is 372 g/mol. The molecule has 2 aromatic rings. The highest BCUT2D eigenvalue weighted by molar-refractivity contribution is 5.95. The van der Waals surface area contributed by atoms with Crippen LogP contribution in [-0.2, 0) is 0 Å². The van der Waals surface area contributed by atoms with Crippen LogP contribution in [0.3, 0.4) is 0 Å². The number of nitrogens with zero attached hydrogens (tertiary/aromatic N) is 2. The van der Waals surface area contributed by atoms with Crippen LogP contribution < -0.4 is 10.3 Å². The molecule has 0 bridgehead atoms. The molecule has 1 unspecified atom stereocenters. The lowest BCUT2D eigenvalue weighted by Crippen LogP contribution is -2.31. The molecule has 1 N–H and O–H groups in total. The molecule has 5 nitrogen and oxygen atoms in total. The lowest BCUT2D eigenvalue weighted by atomic mass is 10.0. The van der Waals surface area contributed by atoms with Gasteiger partial charge < -0.3 is 14.6 Å². The van der Waals surface area contributed by atoms with Crippen molar-refractivity contribution < 1.29 is 14.3 Å². The van der Waals surface area contributed by atoms with Crippen LogP contribution in [-0.4, -0.2) is 28.2 Å². The number of aryl methyl sites for hydroxylation is 1. The van der Waals surface area contributed by atoms with Gasteiger partial charge in [0.15, 0.2) is 0 Å². The third kappa shape index (κ3) is 2.91. The molecule has 1 aromatic heterocycles. The summed E-state index contributed by atoms with van der Waals surface area (Å²) in [6.07, 6.45) is 7.51. The van der Waals surface area contributed by atoms with Crippen molar-refractivity contribution in [2.24, 2.45) is 0 Å². The summed E-state index contributed by atoms with van der Waals surface area (Å²) in [7, 11) is 0. The molecule has 27 heavy (non-hydrogen) atoms. The van der Waals surface area contributed by atoms with Gasteiger partial charge in [0.05, 0.1) is 11.2 Å². The predicted molar refractivity (Wildman–Crippen MR) is 103 cm³/mol. The van der Waals surface area contributed by atoms with Gasteiger partial charge in [0.1, 0.15) is 11.4 Å². The Morgan fingerprint density at radius 1 is 1.33 bits per heavy atom. The van der Waals surface area contributed by atoms with Gasteiger partial charge in [0, 0.05) is 30.2 Å². The van der Waals surface area contributed by atoms with Gasteiger partial charge in [-0.1, -0.05) is 13.3 Å². The van der Waals surface area contributed by atoms with Crippen molar-refractivity contribution in [1.82, 2.24) is 4.57 Å². The number of carboxylic acids is 1. The quantitative estimate of drug-likeness (QED) is 0.852. The molecular formula is C21H25FN2O3. The number of anilines is 1. The highest BCUT2D eigenvalue weighted by atomic mass is 19.1. The van der Waals surface area contributed by atoms with E-state index in [9.17, 15) is 14.7 Å². The molecule has 1 aromatic carbocycles. The average Bonchev–Trinajstić information content (AvgIpc) is 3.37. The van der Waals surface area contributed by atoms with E-state index >= 15 is 4.39 Å². The third-order valence-corrected chi connectivity index (χ3v) is 5.94. The maximum Gasteiger partial charge on any atom is 0.341 e. The van der Waals surface area contributed by atoms with Gasteiger partial charge >= 0.3 is 5.97 Å². The van der Waals surface area contributed by atoms with Gasteiger partial charge in [0.25, 0.3) is 0 Å². The number of hydrogen-bond donors (Lipinski definition) is 1. The van der Waals surface area contributed by atoms with Crippen LogP contribution in [0.4, 0.5) is 10.1 Å². The number of hydrogen-bond acceptors (Lipinski definition) is 3. The summed E-state index contributed by atoms with van der Waals surface area (Å²) in [5.41, 5.74) is 1.12. The van der Waals surface area contributed by atoms with Crippen LogP contribution in [0.15, 0.2) is 17.1 Å². The van der Waals surface area contributed by atoms with E-state index in [-0.39, 0.29) is 17.0 Å². The fourth-order valence-corrected chi connectivity index (χ4v) is 4.58. The lowest BCUT2D eigenvalue weighted by Gasteiger charge is -2.29. The molecule has 1 atom stereocenters. The molecule has 1 saturated heterocycles. The smallest absolute Gasteiger partial charge is 0.341 e. The van der Waals surface area contributed by atoms with Crippen molar-refractivity contribution in [3.63, 3.8) is 0 Å². The summed E-state index contributed by atoms with van der Waals surface area (Å²) in [4.78, 5) is 26.4. The molecule has 1 aliphatic carbocycles. The maximum absolute atomic E-state index is 15.2. The predicted octanol–water partition coefficient (Wildman–Crippen LogP) is 4.25. The van der Waals surface area contributed by atoms with Gasteiger partial charge in [-0.05, 0) is 50.7 Å². The van der Waals surface area contributed by atoms with Crippen molar-refractivity contribution >= 4 is 22.6 Å². The molecule has 0 spiro atoms. The number of fused-ring (bicyclic) bond motifs is 1. The van der Waals surface area contributed by atoms with Gasteiger partial charge in [-0.25, -0.2) is 9.18 Å². The Kier molecular flexibility index (Phi) is 4.44. The van der Waals surface area contributed by atoms with Crippen molar-refractivity contribution in [2.45, 2.75) is 64.5 Å². The highest BCUT2D eigenvalue weighted by Gasteiger charge is 2.32. The van der Waals surface area contributed by atoms with Crippen LogP contribution in [0.1, 0.15) is 67.4 Å². The summed E-state index contributed by atoms with van der Waals surface area (Å²) in [5, 5.41) is 9.57. The minimum absolute atomic E-state index is 0.173. The molecule has 6 heteroatoms. The number of rotatable bonds is 5. The van der Waals surface area contributed by atoms with E-state index in [1.807, 2.05) is 11.5 Å². The van der Waals surface area contributed by atoms with Crippen molar-refractivity contribution in [1.29, 1.82) is 0 Å². The number of pyridine rings is 1. The largest absolute Gasteiger partial charge is 0.477 e. The Balaban J connectivity index is 1.98. The molecule has 2 aliphatic rings. The van der Waals surface area contributed by atoms with Crippen LogP contribution >= 0.6 is 0 Å². The van der Waals surface area contributed by atoms with E-state index < -0.39 is 17.2 Å². The van der Waals surface area contributed by atoms with Gasteiger partial charge in [0.2, 0.25) is 5.43 Å². The first-order valence-electron chi connectivity index (χ1n) is 9.82.